The highest BCUT2D eigenvalue weighted by Gasteiger charge is 2.20. The molecule has 1 saturated carbocycles. The lowest BCUT2D eigenvalue weighted by Gasteiger charge is -1.98. The van der Waals surface area contributed by atoms with E-state index >= 15 is 0 Å². The van der Waals surface area contributed by atoms with Crippen LogP contribution in [-0.4, -0.2) is 0 Å². The summed E-state index contributed by atoms with van der Waals surface area (Å²) in [7, 11) is 0. The van der Waals surface area contributed by atoms with Crippen molar-refractivity contribution in [1.82, 2.24) is 0 Å². The predicted octanol–water partition coefficient (Wildman–Crippen LogP) is 3.69. The summed E-state index contributed by atoms with van der Waals surface area (Å²) in [5.74, 6) is 0.973. The molecule has 0 bridgehead atoms. The first-order valence-electron chi connectivity index (χ1n) is 4.43. The molecule has 1 aliphatic carbocycles. The van der Waals surface area contributed by atoms with Gasteiger partial charge in [0.15, 0.2) is 0 Å². The van der Waals surface area contributed by atoms with Crippen molar-refractivity contribution in [3.05, 3.63) is 41.3 Å². The molecule has 0 saturated heterocycles. The molecule has 1 aromatic rings. The molecule has 12 heavy (non-hydrogen) atoms. The fraction of sp³-hybridized carbons (Fsp3) is 0.364. The third-order valence-corrected chi connectivity index (χ3v) is 2.51. The van der Waals surface area contributed by atoms with Crippen molar-refractivity contribution in [2.75, 3.05) is 0 Å². The molecule has 1 aliphatic rings. The Morgan fingerprint density at radius 3 is 2.50 bits per heavy atom. The van der Waals surface area contributed by atoms with Gasteiger partial charge in [-0.15, -0.1) is 0 Å². The van der Waals surface area contributed by atoms with Crippen LogP contribution >= 0.6 is 11.6 Å². The van der Waals surface area contributed by atoms with Crippen LogP contribution in [-0.2, 0) is 0 Å². The largest absolute Gasteiger partial charge is 0.0843 e. The minimum atomic E-state index is 0.818. The molecule has 0 heterocycles. The van der Waals surface area contributed by atoms with Gasteiger partial charge >= 0.3 is 0 Å². The van der Waals surface area contributed by atoms with E-state index in [1.165, 1.54) is 24.8 Å². The molecular formula is C11H12Cl. The molecule has 0 unspecified atom stereocenters. The highest BCUT2D eigenvalue weighted by atomic mass is 35.5. The summed E-state index contributed by atoms with van der Waals surface area (Å²) in [5, 5.41) is 0.818. The molecule has 1 fully saturated rings. The van der Waals surface area contributed by atoms with Gasteiger partial charge in [-0.05, 0) is 36.5 Å². The topological polar surface area (TPSA) is 0 Å². The molecular weight excluding hydrogens is 168 g/mol. The van der Waals surface area contributed by atoms with E-state index in [1.807, 2.05) is 12.1 Å². The summed E-state index contributed by atoms with van der Waals surface area (Å²) in [6.45, 7) is 0. The second-order valence-corrected chi connectivity index (χ2v) is 3.87. The van der Waals surface area contributed by atoms with E-state index in [9.17, 15) is 0 Å². The van der Waals surface area contributed by atoms with E-state index in [1.54, 1.807) is 0 Å². The summed E-state index contributed by atoms with van der Waals surface area (Å²) in [6, 6.07) is 8.04. The Labute approximate surface area is 78.6 Å². The lowest BCUT2D eigenvalue weighted by Crippen LogP contribution is -1.82. The standard InChI is InChI=1S/C11H12Cl/c12-11-7-5-10(6-8-11)4-3-9-1-2-9/h4-9H,1-3H2. The maximum Gasteiger partial charge on any atom is 0.0406 e. The van der Waals surface area contributed by atoms with E-state index in [0.29, 0.717) is 0 Å². The fourth-order valence-electron chi connectivity index (χ4n) is 1.26. The van der Waals surface area contributed by atoms with Gasteiger partial charge < -0.3 is 0 Å². The SMILES string of the molecule is Clc1ccc([CH]CC2CC2)cc1. The summed E-state index contributed by atoms with van der Waals surface area (Å²) >= 11 is 5.77. The first-order chi connectivity index (χ1) is 5.84. The van der Waals surface area contributed by atoms with Crippen LogP contribution in [0.5, 0.6) is 0 Å². The van der Waals surface area contributed by atoms with Crippen LogP contribution < -0.4 is 0 Å². The van der Waals surface area contributed by atoms with Gasteiger partial charge in [-0.25, -0.2) is 0 Å². The van der Waals surface area contributed by atoms with Crippen molar-refractivity contribution in [2.24, 2.45) is 5.92 Å². The molecule has 0 nitrogen and oxygen atoms in total. The molecule has 1 aromatic carbocycles. The Morgan fingerprint density at radius 1 is 1.25 bits per heavy atom. The summed E-state index contributed by atoms with van der Waals surface area (Å²) in [5.41, 5.74) is 1.30. The smallest absolute Gasteiger partial charge is 0.0406 e. The van der Waals surface area contributed by atoms with Crippen LogP contribution in [0.15, 0.2) is 24.3 Å². The second kappa shape index (κ2) is 3.49. The molecule has 1 radical (unpaired) electrons. The van der Waals surface area contributed by atoms with Crippen LogP contribution in [0.25, 0.3) is 0 Å². The van der Waals surface area contributed by atoms with Crippen molar-refractivity contribution in [2.45, 2.75) is 19.3 Å². The molecule has 0 N–H and O–H groups in total. The quantitative estimate of drug-likeness (QED) is 0.664. The van der Waals surface area contributed by atoms with Gasteiger partial charge in [-0.3, -0.25) is 0 Å². The van der Waals surface area contributed by atoms with Gasteiger partial charge in [0.2, 0.25) is 0 Å². The minimum Gasteiger partial charge on any atom is -0.0843 e. The predicted molar refractivity (Wildman–Crippen MR) is 52.2 cm³/mol. The second-order valence-electron chi connectivity index (χ2n) is 3.43. The van der Waals surface area contributed by atoms with Crippen molar-refractivity contribution >= 4 is 11.6 Å². The van der Waals surface area contributed by atoms with Crippen LogP contribution in [0.1, 0.15) is 24.8 Å². The first kappa shape index (κ1) is 8.12. The molecule has 0 spiro atoms. The zero-order chi connectivity index (χ0) is 8.39. The highest BCUT2D eigenvalue weighted by molar-refractivity contribution is 6.30. The van der Waals surface area contributed by atoms with E-state index in [4.69, 9.17) is 11.6 Å². The minimum absolute atomic E-state index is 0.818. The number of rotatable bonds is 3. The van der Waals surface area contributed by atoms with Crippen molar-refractivity contribution in [3.63, 3.8) is 0 Å². The number of hydrogen-bond acceptors (Lipinski definition) is 0. The zero-order valence-electron chi connectivity index (χ0n) is 6.96. The van der Waals surface area contributed by atoms with E-state index in [-0.39, 0.29) is 0 Å². The average molecular weight is 180 g/mol. The first-order valence-corrected chi connectivity index (χ1v) is 4.81. The number of hydrogen-bond donors (Lipinski definition) is 0. The summed E-state index contributed by atoms with van der Waals surface area (Å²) in [6.07, 6.45) is 6.38. The van der Waals surface area contributed by atoms with Crippen LogP contribution in [0, 0.1) is 12.3 Å². The molecule has 0 aromatic heterocycles. The maximum atomic E-state index is 5.77. The van der Waals surface area contributed by atoms with Crippen molar-refractivity contribution < 1.29 is 0 Å². The van der Waals surface area contributed by atoms with Crippen molar-refractivity contribution in [3.8, 4) is 0 Å². The highest BCUT2D eigenvalue weighted by Crippen LogP contribution is 2.34. The Balaban J connectivity index is 1.89. The third kappa shape index (κ3) is 2.25. The van der Waals surface area contributed by atoms with Crippen molar-refractivity contribution in [1.29, 1.82) is 0 Å². The molecule has 0 amide bonds. The number of benzene rings is 1. The Morgan fingerprint density at radius 2 is 1.92 bits per heavy atom. The molecule has 2 rings (SSSR count). The average Bonchev–Trinajstić information content (AvgIpc) is 2.87. The van der Waals surface area contributed by atoms with Gasteiger partial charge in [0, 0.05) is 5.02 Å². The summed E-state index contributed by atoms with van der Waals surface area (Å²) in [4.78, 5) is 0. The van der Waals surface area contributed by atoms with Gasteiger partial charge in [-0.2, -0.15) is 0 Å². The normalized spacial score (nSPS) is 16.4. The van der Waals surface area contributed by atoms with Gasteiger partial charge in [0.25, 0.3) is 0 Å². The summed E-state index contributed by atoms with van der Waals surface area (Å²) < 4.78 is 0. The van der Waals surface area contributed by atoms with Gasteiger partial charge in [0.1, 0.15) is 0 Å². The van der Waals surface area contributed by atoms with Gasteiger partial charge in [-0.1, -0.05) is 36.6 Å². The van der Waals surface area contributed by atoms with Crippen LogP contribution in [0.3, 0.4) is 0 Å². The molecule has 1 heteroatoms. The van der Waals surface area contributed by atoms with Gasteiger partial charge in [0.05, 0.1) is 0 Å². The van der Waals surface area contributed by atoms with E-state index in [0.717, 1.165) is 10.9 Å². The molecule has 63 valence electrons. The lowest BCUT2D eigenvalue weighted by atomic mass is 10.1. The maximum absolute atomic E-state index is 5.77. The van der Waals surface area contributed by atoms with E-state index < -0.39 is 0 Å². The lowest BCUT2D eigenvalue weighted by molar-refractivity contribution is 0.826. The molecule has 0 atom stereocenters. The fourth-order valence-corrected chi connectivity index (χ4v) is 1.38. The Bertz CT molecular complexity index is 246. The van der Waals surface area contributed by atoms with E-state index in [2.05, 4.69) is 18.6 Å². The Kier molecular flexibility index (Phi) is 2.36. The Hall–Kier alpha value is -0.490. The monoisotopic (exact) mass is 179 g/mol. The third-order valence-electron chi connectivity index (χ3n) is 2.25. The zero-order valence-corrected chi connectivity index (χ0v) is 7.72. The number of halogens is 1. The van der Waals surface area contributed by atoms with Crippen LogP contribution in [0.4, 0.5) is 0 Å². The van der Waals surface area contributed by atoms with Crippen LogP contribution in [0.2, 0.25) is 5.02 Å². The molecule has 0 aliphatic heterocycles.